The van der Waals surface area contributed by atoms with Crippen LogP contribution in [0.15, 0.2) is 60.7 Å². The summed E-state index contributed by atoms with van der Waals surface area (Å²) >= 11 is 0. The number of hydrogen-bond acceptors (Lipinski definition) is 3. The van der Waals surface area contributed by atoms with Crippen molar-refractivity contribution in [3.63, 3.8) is 0 Å². The van der Waals surface area contributed by atoms with Gasteiger partial charge in [0.05, 0.1) is 12.2 Å². The highest BCUT2D eigenvalue weighted by Crippen LogP contribution is 2.32. The largest absolute Gasteiger partial charge is 0.390 e. The van der Waals surface area contributed by atoms with E-state index >= 15 is 0 Å². The Morgan fingerprint density at radius 1 is 0.806 bits per heavy atom. The van der Waals surface area contributed by atoms with Gasteiger partial charge in [-0.1, -0.05) is 107 Å². The molecule has 0 spiro atoms. The molecule has 2 N–H and O–H groups in total. The van der Waals surface area contributed by atoms with E-state index in [1.54, 1.807) is 0 Å². The summed E-state index contributed by atoms with van der Waals surface area (Å²) in [6.45, 7) is 5.77. The zero-order valence-corrected chi connectivity index (χ0v) is 19.4. The maximum absolute atomic E-state index is 11.4. The lowest BCUT2D eigenvalue weighted by molar-refractivity contribution is -0.0586. The van der Waals surface area contributed by atoms with Crippen molar-refractivity contribution in [1.82, 2.24) is 4.90 Å². The predicted molar refractivity (Wildman–Crippen MR) is 129 cm³/mol. The van der Waals surface area contributed by atoms with E-state index in [1.165, 1.54) is 43.2 Å². The molecule has 1 fully saturated rings. The molecule has 1 saturated carbocycles. The van der Waals surface area contributed by atoms with Gasteiger partial charge in [-0.3, -0.25) is 4.90 Å². The van der Waals surface area contributed by atoms with Crippen molar-refractivity contribution in [3.8, 4) is 0 Å². The highest BCUT2D eigenvalue weighted by molar-refractivity contribution is 5.17. The van der Waals surface area contributed by atoms with E-state index in [1.807, 2.05) is 12.1 Å². The third kappa shape index (κ3) is 7.75. The molecule has 1 aliphatic carbocycles. The van der Waals surface area contributed by atoms with E-state index in [0.29, 0.717) is 18.3 Å². The third-order valence-corrected chi connectivity index (χ3v) is 6.73. The SMILES string of the molecule is CC(C)C[C@H](O)[C@H](O)[C@H](CC1CCCCC1)N(Cc1ccccc1)Cc1ccccc1. The van der Waals surface area contributed by atoms with Crippen LogP contribution >= 0.6 is 0 Å². The second kappa shape index (κ2) is 12.4. The van der Waals surface area contributed by atoms with Crippen molar-refractivity contribution < 1.29 is 10.2 Å². The van der Waals surface area contributed by atoms with Gasteiger partial charge in [0.2, 0.25) is 0 Å². The molecular formula is C28H41NO2. The lowest BCUT2D eigenvalue weighted by Crippen LogP contribution is -2.49. The minimum atomic E-state index is -0.739. The van der Waals surface area contributed by atoms with Gasteiger partial charge >= 0.3 is 0 Å². The first-order valence-electron chi connectivity index (χ1n) is 12.2. The first-order valence-corrected chi connectivity index (χ1v) is 12.2. The molecule has 0 aliphatic heterocycles. The molecule has 3 heteroatoms. The Kier molecular flexibility index (Phi) is 9.57. The maximum atomic E-state index is 11.4. The fraction of sp³-hybridized carbons (Fsp3) is 0.571. The van der Waals surface area contributed by atoms with Crippen molar-refractivity contribution in [2.75, 3.05) is 0 Å². The first kappa shape index (κ1) is 24.0. The normalized spacial score (nSPS) is 18.3. The highest BCUT2D eigenvalue weighted by Gasteiger charge is 2.34. The van der Waals surface area contributed by atoms with Gasteiger partial charge in [0, 0.05) is 19.1 Å². The van der Waals surface area contributed by atoms with Gasteiger partial charge in [-0.25, -0.2) is 0 Å². The summed E-state index contributed by atoms with van der Waals surface area (Å²) in [6.07, 6.45) is 6.56. The number of aliphatic hydroxyl groups excluding tert-OH is 2. The monoisotopic (exact) mass is 423 g/mol. The Hall–Kier alpha value is -1.68. The number of aliphatic hydroxyl groups is 2. The molecule has 2 aromatic rings. The van der Waals surface area contributed by atoms with Crippen LogP contribution in [-0.2, 0) is 13.1 Å². The van der Waals surface area contributed by atoms with Crippen LogP contribution in [-0.4, -0.2) is 33.4 Å². The molecule has 2 aromatic carbocycles. The van der Waals surface area contributed by atoms with Crippen molar-refractivity contribution in [2.24, 2.45) is 11.8 Å². The van der Waals surface area contributed by atoms with Crippen LogP contribution in [0, 0.1) is 11.8 Å². The van der Waals surface area contributed by atoms with Crippen LogP contribution < -0.4 is 0 Å². The summed E-state index contributed by atoms with van der Waals surface area (Å²) in [5.41, 5.74) is 2.50. The highest BCUT2D eigenvalue weighted by atomic mass is 16.3. The van der Waals surface area contributed by atoms with E-state index in [0.717, 1.165) is 19.5 Å². The van der Waals surface area contributed by atoms with Crippen LogP contribution in [0.2, 0.25) is 0 Å². The summed E-state index contributed by atoms with van der Waals surface area (Å²) in [7, 11) is 0. The van der Waals surface area contributed by atoms with Crippen LogP contribution in [0.25, 0.3) is 0 Å². The molecule has 0 heterocycles. The molecule has 170 valence electrons. The van der Waals surface area contributed by atoms with Crippen LogP contribution in [0.1, 0.15) is 69.9 Å². The van der Waals surface area contributed by atoms with Gasteiger partial charge in [-0.2, -0.15) is 0 Å². The smallest absolute Gasteiger partial charge is 0.0954 e. The molecule has 3 atom stereocenters. The molecule has 0 unspecified atom stereocenters. The maximum Gasteiger partial charge on any atom is 0.0954 e. The molecule has 0 saturated heterocycles. The number of hydrogen-bond donors (Lipinski definition) is 2. The molecule has 0 amide bonds. The minimum Gasteiger partial charge on any atom is -0.390 e. The van der Waals surface area contributed by atoms with E-state index in [2.05, 4.69) is 67.3 Å². The van der Waals surface area contributed by atoms with Gasteiger partial charge in [0.1, 0.15) is 0 Å². The minimum absolute atomic E-state index is 0.0581. The summed E-state index contributed by atoms with van der Waals surface area (Å²) in [4.78, 5) is 2.41. The number of nitrogens with zero attached hydrogens (tertiary/aromatic N) is 1. The van der Waals surface area contributed by atoms with Gasteiger partial charge in [0.15, 0.2) is 0 Å². The number of rotatable bonds is 11. The van der Waals surface area contributed by atoms with E-state index < -0.39 is 12.2 Å². The Morgan fingerprint density at radius 2 is 1.32 bits per heavy atom. The molecule has 0 aromatic heterocycles. The molecule has 3 nitrogen and oxygen atoms in total. The Bertz CT molecular complexity index is 686. The fourth-order valence-corrected chi connectivity index (χ4v) is 5.07. The van der Waals surface area contributed by atoms with Crippen molar-refractivity contribution in [1.29, 1.82) is 0 Å². The second-order valence-corrected chi connectivity index (χ2v) is 9.87. The van der Waals surface area contributed by atoms with Crippen molar-refractivity contribution in [2.45, 2.75) is 90.1 Å². The lowest BCUT2D eigenvalue weighted by atomic mass is 9.81. The van der Waals surface area contributed by atoms with Crippen molar-refractivity contribution in [3.05, 3.63) is 71.8 Å². The van der Waals surface area contributed by atoms with Crippen molar-refractivity contribution >= 4 is 0 Å². The Labute approximate surface area is 189 Å². The number of benzene rings is 2. The molecular weight excluding hydrogens is 382 g/mol. The summed E-state index contributed by atoms with van der Waals surface area (Å²) in [5.74, 6) is 0.991. The topological polar surface area (TPSA) is 43.7 Å². The van der Waals surface area contributed by atoms with E-state index in [9.17, 15) is 10.2 Å². The molecule has 31 heavy (non-hydrogen) atoms. The lowest BCUT2D eigenvalue weighted by Gasteiger charge is -2.40. The summed E-state index contributed by atoms with van der Waals surface area (Å²) < 4.78 is 0. The third-order valence-electron chi connectivity index (χ3n) is 6.73. The van der Waals surface area contributed by atoms with Gasteiger partial charge in [-0.15, -0.1) is 0 Å². The van der Waals surface area contributed by atoms with Crippen LogP contribution in [0.3, 0.4) is 0 Å². The summed E-state index contributed by atoms with van der Waals surface area (Å²) in [6, 6.07) is 21.0. The van der Waals surface area contributed by atoms with Crippen LogP contribution in [0.4, 0.5) is 0 Å². The molecule has 0 bridgehead atoms. The average Bonchev–Trinajstić information content (AvgIpc) is 2.78. The first-order chi connectivity index (χ1) is 15.0. The second-order valence-electron chi connectivity index (χ2n) is 9.87. The Balaban J connectivity index is 1.86. The zero-order chi connectivity index (χ0) is 22.1. The molecule has 3 rings (SSSR count). The van der Waals surface area contributed by atoms with E-state index in [4.69, 9.17) is 0 Å². The Morgan fingerprint density at radius 3 is 1.81 bits per heavy atom. The zero-order valence-electron chi connectivity index (χ0n) is 19.4. The van der Waals surface area contributed by atoms with Crippen LogP contribution in [0.5, 0.6) is 0 Å². The standard InChI is InChI=1S/C28H41NO2/c1-22(2)18-27(30)28(31)26(19-23-12-6-3-7-13-23)29(20-24-14-8-4-9-15-24)21-25-16-10-5-11-17-25/h4-5,8-11,14-17,22-23,26-28,30-31H,3,6-7,12-13,18-21H2,1-2H3/t26-,27-,28+/m0/s1. The quantitative estimate of drug-likeness (QED) is 0.480. The molecule has 1 aliphatic rings. The molecule has 0 radical (unpaired) electrons. The van der Waals surface area contributed by atoms with Gasteiger partial charge in [-0.05, 0) is 35.8 Å². The van der Waals surface area contributed by atoms with E-state index in [-0.39, 0.29) is 6.04 Å². The average molecular weight is 424 g/mol. The fourth-order valence-electron chi connectivity index (χ4n) is 5.07. The van der Waals surface area contributed by atoms with Gasteiger partial charge < -0.3 is 10.2 Å². The summed E-state index contributed by atoms with van der Waals surface area (Å²) in [5, 5.41) is 22.3. The predicted octanol–water partition coefficient (Wildman–Crippen LogP) is 5.80. The van der Waals surface area contributed by atoms with Gasteiger partial charge in [0.25, 0.3) is 0 Å².